The van der Waals surface area contributed by atoms with Crippen LogP contribution in [0.5, 0.6) is 0 Å². The number of benzene rings is 1. The molecule has 134 valence electrons. The standard InChI is InChI=1S/C17H21N3O3S2/c1-20-15(23)16(10-21,24-2)19-14(22)17(20,25-3)8-11-9-18-13-7-5-4-6-12(11)13/h4-7,9,18,21H,8,10H2,1-3H3,(H,19,22)/t16-,17+/m0/s1. The first-order valence-corrected chi connectivity index (χ1v) is 10.3. The number of aromatic amines is 1. The Bertz CT molecular complexity index is 818. The first-order valence-electron chi connectivity index (χ1n) is 7.81. The fourth-order valence-corrected chi connectivity index (χ4v) is 4.80. The molecule has 1 aliphatic rings. The number of hydrogen-bond donors (Lipinski definition) is 3. The van der Waals surface area contributed by atoms with Gasteiger partial charge in [-0.1, -0.05) is 18.2 Å². The van der Waals surface area contributed by atoms with Gasteiger partial charge in [0, 0.05) is 30.6 Å². The maximum absolute atomic E-state index is 13.0. The monoisotopic (exact) mass is 379 g/mol. The molecule has 3 N–H and O–H groups in total. The van der Waals surface area contributed by atoms with Gasteiger partial charge < -0.3 is 20.3 Å². The van der Waals surface area contributed by atoms with Crippen LogP contribution in [0.4, 0.5) is 0 Å². The topological polar surface area (TPSA) is 85.4 Å². The summed E-state index contributed by atoms with van der Waals surface area (Å²) in [5.74, 6) is -0.563. The number of carbonyl (C=O) groups is 2. The van der Waals surface area contributed by atoms with Crippen molar-refractivity contribution in [2.45, 2.75) is 16.2 Å². The highest BCUT2D eigenvalue weighted by Gasteiger charge is 2.57. The molecule has 2 atom stereocenters. The van der Waals surface area contributed by atoms with Crippen molar-refractivity contribution in [3.8, 4) is 0 Å². The summed E-state index contributed by atoms with van der Waals surface area (Å²) in [7, 11) is 1.63. The van der Waals surface area contributed by atoms with E-state index < -0.39 is 16.3 Å². The van der Waals surface area contributed by atoms with Gasteiger partial charge in [0.2, 0.25) is 0 Å². The highest BCUT2D eigenvalue weighted by atomic mass is 32.2. The van der Waals surface area contributed by atoms with Crippen LogP contribution in [0.3, 0.4) is 0 Å². The summed E-state index contributed by atoms with van der Waals surface area (Å²) in [6.45, 7) is -0.444. The quantitative estimate of drug-likeness (QED) is 0.731. The van der Waals surface area contributed by atoms with Crippen molar-refractivity contribution in [3.05, 3.63) is 36.0 Å². The van der Waals surface area contributed by atoms with Gasteiger partial charge in [-0.25, -0.2) is 0 Å². The van der Waals surface area contributed by atoms with Crippen LogP contribution in [-0.2, 0) is 16.0 Å². The molecular formula is C17H21N3O3S2. The summed E-state index contributed by atoms with van der Waals surface area (Å²) in [4.78, 5) is 28.3. The average molecular weight is 380 g/mol. The van der Waals surface area contributed by atoms with Crippen LogP contribution in [0, 0.1) is 0 Å². The Morgan fingerprint density at radius 1 is 1.20 bits per heavy atom. The molecule has 25 heavy (non-hydrogen) atoms. The molecule has 0 spiro atoms. The number of thioether (sulfide) groups is 2. The number of piperazine rings is 1. The Morgan fingerprint density at radius 3 is 2.56 bits per heavy atom. The number of likely N-dealkylation sites (N-methyl/N-ethyl adjacent to an activating group) is 1. The van der Waals surface area contributed by atoms with Crippen molar-refractivity contribution in [1.82, 2.24) is 15.2 Å². The Morgan fingerprint density at radius 2 is 1.92 bits per heavy atom. The van der Waals surface area contributed by atoms with E-state index in [1.807, 2.05) is 36.7 Å². The highest BCUT2D eigenvalue weighted by Crippen LogP contribution is 2.40. The Kier molecular flexibility index (Phi) is 4.78. The van der Waals surface area contributed by atoms with Crippen molar-refractivity contribution >= 4 is 46.2 Å². The lowest BCUT2D eigenvalue weighted by molar-refractivity contribution is -0.152. The fraction of sp³-hybridized carbons (Fsp3) is 0.412. The highest BCUT2D eigenvalue weighted by molar-refractivity contribution is 8.01. The zero-order chi connectivity index (χ0) is 18.2. The van der Waals surface area contributed by atoms with Crippen LogP contribution in [0.2, 0.25) is 0 Å². The average Bonchev–Trinajstić information content (AvgIpc) is 3.05. The molecule has 1 aromatic carbocycles. The van der Waals surface area contributed by atoms with Crippen molar-refractivity contribution in [2.75, 3.05) is 26.2 Å². The van der Waals surface area contributed by atoms with Crippen LogP contribution in [0.1, 0.15) is 5.56 Å². The molecular weight excluding hydrogens is 358 g/mol. The van der Waals surface area contributed by atoms with E-state index in [1.165, 1.54) is 16.7 Å². The van der Waals surface area contributed by atoms with E-state index in [4.69, 9.17) is 0 Å². The van der Waals surface area contributed by atoms with Crippen LogP contribution in [0.25, 0.3) is 10.9 Å². The Hall–Kier alpha value is -1.64. The number of nitrogens with zero attached hydrogens (tertiary/aromatic N) is 1. The number of fused-ring (bicyclic) bond motifs is 1. The maximum Gasteiger partial charge on any atom is 0.262 e. The van der Waals surface area contributed by atoms with Gasteiger partial charge in [-0.2, -0.15) is 0 Å². The minimum atomic E-state index is -1.31. The predicted molar refractivity (Wildman–Crippen MR) is 102 cm³/mol. The van der Waals surface area contributed by atoms with Crippen molar-refractivity contribution < 1.29 is 14.7 Å². The number of aromatic nitrogens is 1. The normalized spacial score (nSPS) is 27.0. The lowest BCUT2D eigenvalue weighted by atomic mass is 9.99. The second kappa shape index (κ2) is 6.59. The van der Waals surface area contributed by atoms with Crippen molar-refractivity contribution in [3.63, 3.8) is 0 Å². The summed E-state index contributed by atoms with van der Waals surface area (Å²) < 4.78 is 0. The Labute approximate surface area is 154 Å². The van der Waals surface area contributed by atoms with E-state index in [-0.39, 0.29) is 11.8 Å². The van der Waals surface area contributed by atoms with Gasteiger partial charge in [0.1, 0.15) is 0 Å². The number of H-pyrrole nitrogens is 1. The zero-order valence-electron chi connectivity index (χ0n) is 14.3. The number of rotatable bonds is 5. The van der Waals surface area contributed by atoms with E-state index in [1.54, 1.807) is 13.3 Å². The number of amides is 2. The lowest BCUT2D eigenvalue weighted by Crippen LogP contribution is -2.74. The molecule has 0 radical (unpaired) electrons. The second-order valence-corrected chi connectivity index (χ2v) is 8.22. The number of aliphatic hydroxyl groups is 1. The third kappa shape index (κ3) is 2.63. The molecule has 3 rings (SSSR count). The van der Waals surface area contributed by atoms with Gasteiger partial charge in [-0.3, -0.25) is 9.59 Å². The number of para-hydroxylation sites is 1. The molecule has 1 aliphatic heterocycles. The summed E-state index contributed by atoms with van der Waals surface area (Å²) >= 11 is 2.47. The van der Waals surface area contributed by atoms with Crippen molar-refractivity contribution in [1.29, 1.82) is 0 Å². The van der Waals surface area contributed by atoms with Gasteiger partial charge in [0.05, 0.1) is 6.61 Å². The molecule has 2 amide bonds. The van der Waals surface area contributed by atoms with E-state index in [2.05, 4.69) is 10.3 Å². The molecule has 6 nitrogen and oxygen atoms in total. The minimum absolute atomic E-state index is 0.268. The zero-order valence-corrected chi connectivity index (χ0v) is 16.0. The number of hydrogen-bond acceptors (Lipinski definition) is 5. The van der Waals surface area contributed by atoms with Gasteiger partial charge in [-0.15, -0.1) is 23.5 Å². The molecule has 1 aromatic heterocycles. The molecule has 0 unspecified atom stereocenters. The van der Waals surface area contributed by atoms with E-state index in [9.17, 15) is 14.7 Å². The fourth-order valence-electron chi connectivity index (χ4n) is 3.27. The van der Waals surface area contributed by atoms with Crippen LogP contribution >= 0.6 is 23.5 Å². The number of carbonyl (C=O) groups excluding carboxylic acids is 2. The molecule has 0 aliphatic carbocycles. The summed E-state index contributed by atoms with van der Waals surface area (Å²) in [5, 5.41) is 13.5. The smallest absolute Gasteiger partial charge is 0.262 e. The summed E-state index contributed by atoms with van der Waals surface area (Å²) in [5.41, 5.74) is 1.97. The summed E-state index contributed by atoms with van der Waals surface area (Å²) in [6.07, 6.45) is 5.79. The van der Waals surface area contributed by atoms with E-state index in [0.717, 1.165) is 28.2 Å². The maximum atomic E-state index is 13.0. The predicted octanol–water partition coefficient (Wildman–Crippen LogP) is 1.41. The van der Waals surface area contributed by atoms with Gasteiger partial charge in [-0.05, 0) is 24.1 Å². The van der Waals surface area contributed by atoms with Crippen LogP contribution < -0.4 is 5.32 Å². The SMILES string of the molecule is CS[C@]1(CO)NC(=O)[C@@](Cc2c[nH]c3ccccc23)(SC)N(C)C1=O. The first-order chi connectivity index (χ1) is 11.9. The molecule has 2 aromatic rings. The van der Waals surface area contributed by atoms with Gasteiger partial charge in [0.15, 0.2) is 9.74 Å². The van der Waals surface area contributed by atoms with Crippen LogP contribution in [-0.4, -0.2) is 62.7 Å². The van der Waals surface area contributed by atoms with Gasteiger partial charge in [0.25, 0.3) is 11.8 Å². The van der Waals surface area contributed by atoms with Gasteiger partial charge >= 0.3 is 0 Å². The minimum Gasteiger partial charge on any atom is -0.392 e. The molecule has 2 heterocycles. The molecule has 8 heteroatoms. The number of nitrogens with one attached hydrogen (secondary N) is 2. The van der Waals surface area contributed by atoms with E-state index >= 15 is 0 Å². The van der Waals surface area contributed by atoms with Crippen molar-refractivity contribution in [2.24, 2.45) is 0 Å². The van der Waals surface area contributed by atoms with Crippen LogP contribution in [0.15, 0.2) is 30.5 Å². The molecule has 1 saturated heterocycles. The first kappa shape index (κ1) is 18.2. The summed E-state index contributed by atoms with van der Waals surface area (Å²) in [6, 6.07) is 7.87. The molecule has 1 fully saturated rings. The largest absolute Gasteiger partial charge is 0.392 e. The third-order valence-electron chi connectivity index (χ3n) is 4.88. The number of aliphatic hydroxyl groups excluding tert-OH is 1. The third-order valence-corrected chi connectivity index (χ3v) is 7.26. The molecule has 0 saturated carbocycles. The van der Waals surface area contributed by atoms with E-state index in [0.29, 0.717) is 6.42 Å². The Balaban J connectivity index is 2.03. The lowest BCUT2D eigenvalue weighted by Gasteiger charge is -2.49. The molecule has 0 bridgehead atoms. The second-order valence-electron chi connectivity index (χ2n) is 6.03.